The fraction of sp³-hybridized carbons (Fsp3) is 0.444. The minimum atomic E-state index is -0.397. The van der Waals surface area contributed by atoms with E-state index in [2.05, 4.69) is 26.8 Å². The van der Waals surface area contributed by atoms with Crippen molar-refractivity contribution in [3.63, 3.8) is 0 Å². The van der Waals surface area contributed by atoms with Crippen LogP contribution in [0.3, 0.4) is 0 Å². The zero-order valence-corrected chi connectivity index (χ0v) is 20.4. The number of allylic oxidation sites excluding steroid dienone is 1. The molecule has 31 heavy (non-hydrogen) atoms. The zero-order valence-electron chi connectivity index (χ0n) is 20.4. The van der Waals surface area contributed by atoms with Crippen molar-refractivity contribution in [1.29, 1.82) is 0 Å². The van der Waals surface area contributed by atoms with Crippen LogP contribution in [0.4, 0.5) is 5.69 Å². The van der Waals surface area contributed by atoms with Gasteiger partial charge < -0.3 is 15.2 Å². The van der Waals surface area contributed by atoms with Crippen LogP contribution in [0.5, 0.6) is 11.5 Å². The molecule has 0 spiro atoms. The third-order valence-electron chi connectivity index (χ3n) is 4.36. The van der Waals surface area contributed by atoms with Gasteiger partial charge in [0.05, 0.1) is 0 Å². The molecule has 2 rings (SSSR count). The van der Waals surface area contributed by atoms with E-state index in [4.69, 9.17) is 15.2 Å². The van der Waals surface area contributed by atoms with Gasteiger partial charge in [-0.15, -0.1) is 0 Å². The van der Waals surface area contributed by atoms with Crippen LogP contribution >= 0.6 is 0 Å². The van der Waals surface area contributed by atoms with E-state index < -0.39 is 5.60 Å². The maximum absolute atomic E-state index is 12.7. The van der Waals surface area contributed by atoms with Gasteiger partial charge >= 0.3 is 0 Å². The van der Waals surface area contributed by atoms with Crippen LogP contribution in [-0.2, 0) is 5.41 Å². The van der Waals surface area contributed by atoms with Gasteiger partial charge in [0, 0.05) is 28.4 Å². The first-order valence-electron chi connectivity index (χ1n) is 10.7. The molecular formula is C27H37NO3. The molecule has 0 saturated heterocycles. The van der Waals surface area contributed by atoms with Crippen LogP contribution in [0.25, 0.3) is 6.08 Å². The van der Waals surface area contributed by atoms with E-state index >= 15 is 0 Å². The molecule has 0 atom stereocenters. The summed E-state index contributed by atoms with van der Waals surface area (Å²) in [5.41, 5.74) is 7.95. The SMILES string of the molecule is CC(C)(C)Oc1cc(OC(C)(C)C)c(C(C)(C)C)cc1/C=C/C(=O)c1ccc(N)cc1. The van der Waals surface area contributed by atoms with Crippen LogP contribution in [-0.4, -0.2) is 17.0 Å². The van der Waals surface area contributed by atoms with Crippen molar-refractivity contribution in [2.45, 2.75) is 78.9 Å². The monoisotopic (exact) mass is 423 g/mol. The maximum atomic E-state index is 12.7. The van der Waals surface area contributed by atoms with Crippen LogP contribution in [0.15, 0.2) is 42.5 Å². The van der Waals surface area contributed by atoms with Gasteiger partial charge in [-0.25, -0.2) is 0 Å². The summed E-state index contributed by atoms with van der Waals surface area (Å²) in [6.45, 7) is 18.5. The Morgan fingerprint density at radius 3 is 1.81 bits per heavy atom. The Bertz CT molecular complexity index is 950. The van der Waals surface area contributed by atoms with Crippen LogP contribution in [0.1, 0.15) is 83.8 Å². The van der Waals surface area contributed by atoms with E-state index in [0.29, 0.717) is 17.0 Å². The molecule has 4 nitrogen and oxygen atoms in total. The van der Waals surface area contributed by atoms with Gasteiger partial charge in [-0.1, -0.05) is 20.8 Å². The highest BCUT2D eigenvalue weighted by atomic mass is 16.5. The van der Waals surface area contributed by atoms with Gasteiger partial charge in [0.15, 0.2) is 5.78 Å². The molecular weight excluding hydrogens is 386 g/mol. The maximum Gasteiger partial charge on any atom is 0.185 e. The lowest BCUT2D eigenvalue weighted by Gasteiger charge is -2.30. The van der Waals surface area contributed by atoms with Crippen molar-refractivity contribution in [1.82, 2.24) is 0 Å². The minimum absolute atomic E-state index is 0.0889. The number of ether oxygens (including phenoxy) is 2. The second kappa shape index (κ2) is 8.78. The first-order chi connectivity index (χ1) is 14.0. The molecule has 2 aromatic rings. The number of anilines is 1. The Labute approximate surface area is 187 Å². The Morgan fingerprint density at radius 2 is 1.32 bits per heavy atom. The largest absolute Gasteiger partial charge is 0.488 e. The first kappa shape index (κ1) is 24.5. The van der Waals surface area contributed by atoms with Gasteiger partial charge in [-0.05, 0) is 89.4 Å². The minimum Gasteiger partial charge on any atom is -0.488 e. The molecule has 0 saturated carbocycles. The van der Waals surface area contributed by atoms with Gasteiger partial charge in [0.2, 0.25) is 0 Å². The lowest BCUT2D eigenvalue weighted by atomic mass is 9.85. The predicted molar refractivity (Wildman–Crippen MR) is 130 cm³/mol. The van der Waals surface area contributed by atoms with Crippen molar-refractivity contribution in [3.05, 3.63) is 59.2 Å². The summed E-state index contributed by atoms with van der Waals surface area (Å²) < 4.78 is 12.5. The van der Waals surface area contributed by atoms with Crippen molar-refractivity contribution in [2.75, 3.05) is 5.73 Å². The molecule has 0 heterocycles. The lowest BCUT2D eigenvalue weighted by Crippen LogP contribution is -2.27. The third-order valence-corrected chi connectivity index (χ3v) is 4.36. The molecule has 0 aliphatic carbocycles. The molecule has 2 aromatic carbocycles. The summed E-state index contributed by atoms with van der Waals surface area (Å²) in [6.07, 6.45) is 3.39. The van der Waals surface area contributed by atoms with E-state index in [0.717, 1.165) is 16.9 Å². The van der Waals surface area contributed by atoms with E-state index in [1.165, 1.54) is 0 Å². The van der Waals surface area contributed by atoms with Gasteiger partial charge in [-0.2, -0.15) is 0 Å². The third kappa shape index (κ3) is 7.46. The Balaban J connectivity index is 2.57. The number of carbonyl (C=O) groups excluding carboxylic acids is 1. The Kier molecular flexibility index (Phi) is 6.94. The van der Waals surface area contributed by atoms with Gasteiger partial charge in [0.1, 0.15) is 22.7 Å². The highest BCUT2D eigenvalue weighted by Gasteiger charge is 2.26. The normalized spacial score (nSPS) is 12.8. The van der Waals surface area contributed by atoms with E-state index in [1.54, 1.807) is 30.3 Å². The Hall–Kier alpha value is -2.75. The number of nitrogens with two attached hydrogens (primary N) is 1. The smallest absolute Gasteiger partial charge is 0.185 e. The molecule has 2 N–H and O–H groups in total. The second-order valence-corrected chi connectivity index (χ2v) is 10.9. The molecule has 0 bridgehead atoms. The molecule has 0 radical (unpaired) electrons. The number of nitrogen functional groups attached to an aromatic ring is 1. The number of ketones is 1. The summed E-state index contributed by atoms with van der Waals surface area (Å²) in [7, 11) is 0. The molecule has 0 aromatic heterocycles. The molecule has 4 heteroatoms. The van der Waals surface area contributed by atoms with Gasteiger partial charge in [-0.3, -0.25) is 4.79 Å². The zero-order chi connectivity index (χ0) is 23.6. The topological polar surface area (TPSA) is 61.5 Å². The molecule has 0 unspecified atom stereocenters. The average Bonchev–Trinajstić information content (AvgIpc) is 2.57. The molecule has 168 valence electrons. The predicted octanol–water partition coefficient (Wildman–Crippen LogP) is 6.82. The van der Waals surface area contributed by atoms with Crippen LogP contribution in [0, 0.1) is 0 Å². The number of hydrogen-bond acceptors (Lipinski definition) is 4. The summed E-state index contributed by atoms with van der Waals surface area (Å²) in [5.74, 6) is 1.39. The second-order valence-electron chi connectivity index (χ2n) is 10.9. The van der Waals surface area contributed by atoms with Crippen molar-refractivity contribution < 1.29 is 14.3 Å². The highest BCUT2D eigenvalue weighted by Crippen LogP contribution is 2.40. The highest BCUT2D eigenvalue weighted by molar-refractivity contribution is 6.07. The Morgan fingerprint density at radius 1 is 0.806 bits per heavy atom. The van der Waals surface area contributed by atoms with E-state index in [-0.39, 0.29) is 16.8 Å². The summed E-state index contributed by atoms with van der Waals surface area (Å²) in [6, 6.07) is 10.9. The molecule has 0 amide bonds. The lowest BCUT2D eigenvalue weighted by molar-refractivity contribution is 0.104. The number of rotatable bonds is 5. The quantitative estimate of drug-likeness (QED) is 0.326. The van der Waals surface area contributed by atoms with Gasteiger partial charge in [0.25, 0.3) is 0 Å². The fourth-order valence-corrected chi connectivity index (χ4v) is 3.04. The van der Waals surface area contributed by atoms with Crippen LogP contribution < -0.4 is 15.2 Å². The van der Waals surface area contributed by atoms with Crippen molar-refractivity contribution in [3.8, 4) is 11.5 Å². The first-order valence-corrected chi connectivity index (χ1v) is 10.7. The summed E-state index contributed by atoms with van der Waals surface area (Å²) in [4.78, 5) is 12.7. The molecule has 0 aliphatic rings. The number of benzene rings is 2. The molecule has 0 aliphatic heterocycles. The van der Waals surface area contributed by atoms with Crippen molar-refractivity contribution >= 4 is 17.5 Å². The fourth-order valence-electron chi connectivity index (χ4n) is 3.04. The van der Waals surface area contributed by atoms with Crippen molar-refractivity contribution in [2.24, 2.45) is 0 Å². The number of hydrogen-bond donors (Lipinski definition) is 1. The number of carbonyl (C=O) groups is 1. The molecule has 0 fully saturated rings. The van der Waals surface area contributed by atoms with E-state index in [1.807, 2.05) is 53.7 Å². The van der Waals surface area contributed by atoms with E-state index in [9.17, 15) is 4.79 Å². The summed E-state index contributed by atoms with van der Waals surface area (Å²) in [5, 5.41) is 0. The van der Waals surface area contributed by atoms with Crippen LogP contribution in [0.2, 0.25) is 0 Å². The summed E-state index contributed by atoms with van der Waals surface area (Å²) >= 11 is 0. The standard InChI is InChI=1S/C27H37NO3/c1-25(2,3)21-16-19(12-15-22(29)18-10-13-20(28)14-11-18)23(30-26(4,5)6)17-24(21)31-27(7,8)9/h10-17H,28H2,1-9H3/b15-12+. The average molecular weight is 424 g/mol.